The molecule has 0 unspecified atom stereocenters. The second kappa shape index (κ2) is 13.1. The minimum absolute atomic E-state index is 0.101. The molecular formula is C28H36O8. The van der Waals surface area contributed by atoms with Gasteiger partial charge >= 0.3 is 0 Å². The summed E-state index contributed by atoms with van der Waals surface area (Å²) in [4.78, 5) is 12.9. The number of hydrogen-bond acceptors (Lipinski definition) is 8. The largest absolute Gasteiger partial charge is 0.507 e. The summed E-state index contributed by atoms with van der Waals surface area (Å²) >= 11 is 0. The predicted molar refractivity (Wildman–Crippen MR) is 138 cm³/mol. The zero-order valence-electron chi connectivity index (χ0n) is 20.5. The maximum Gasteiger partial charge on any atom is 0.238 e. The van der Waals surface area contributed by atoms with Gasteiger partial charge in [-0.15, -0.1) is 0 Å². The predicted octanol–water partition coefficient (Wildman–Crippen LogP) is 5.81. The molecule has 0 spiro atoms. The lowest BCUT2D eigenvalue weighted by Gasteiger charge is -2.12. The molecule has 0 saturated carbocycles. The number of rotatable bonds is 14. The summed E-state index contributed by atoms with van der Waals surface area (Å²) in [6.07, 6.45) is 12.2. The Morgan fingerprint density at radius 1 is 0.639 bits per heavy atom. The van der Waals surface area contributed by atoms with E-state index in [9.17, 15) is 30.3 Å². The molecule has 0 bridgehead atoms. The van der Waals surface area contributed by atoms with E-state index in [1.54, 1.807) is 0 Å². The Morgan fingerprint density at radius 3 is 1.81 bits per heavy atom. The zero-order chi connectivity index (χ0) is 26.1. The van der Waals surface area contributed by atoms with E-state index in [1.807, 2.05) is 0 Å². The number of phenolic OH excluding ortho intramolecular Hbond substituents is 4. The van der Waals surface area contributed by atoms with E-state index in [1.165, 1.54) is 50.3 Å². The fourth-order valence-corrected chi connectivity index (χ4v) is 4.46. The van der Waals surface area contributed by atoms with Crippen molar-refractivity contribution >= 4 is 11.0 Å². The van der Waals surface area contributed by atoms with Crippen molar-refractivity contribution in [1.82, 2.24) is 0 Å². The molecule has 196 valence electrons. The number of aliphatic hydroxyl groups excluding tert-OH is 1. The van der Waals surface area contributed by atoms with Gasteiger partial charge in [-0.05, 0) is 37.5 Å². The van der Waals surface area contributed by atoms with Crippen molar-refractivity contribution in [3.8, 4) is 40.1 Å². The molecule has 0 aliphatic rings. The number of fused-ring (bicyclic) bond motifs is 1. The summed E-state index contributed by atoms with van der Waals surface area (Å²) in [6.45, 7) is 0.276. The van der Waals surface area contributed by atoms with Gasteiger partial charge in [-0.3, -0.25) is 4.79 Å². The smallest absolute Gasteiger partial charge is 0.238 e. The Bertz CT molecular complexity index is 1210. The Kier molecular flexibility index (Phi) is 9.87. The number of hydrogen-bond donors (Lipinski definition) is 6. The van der Waals surface area contributed by atoms with Crippen LogP contribution in [0.1, 0.15) is 76.2 Å². The number of aliphatic hydroxyl groups is 1. The number of phenols is 4. The molecule has 0 radical (unpaired) electrons. The van der Waals surface area contributed by atoms with Crippen LogP contribution in [0.4, 0.5) is 0 Å². The van der Waals surface area contributed by atoms with Crippen LogP contribution >= 0.6 is 0 Å². The second-order valence-electron chi connectivity index (χ2n) is 9.27. The third kappa shape index (κ3) is 6.63. The van der Waals surface area contributed by atoms with E-state index in [0.717, 1.165) is 44.6 Å². The SMILES string of the molecule is O=c1c(O)c(-c2ccc(O)c(O)c2)oc2cc(O)c(CCCCCCCCCCCCCO)c(O)c12. The summed E-state index contributed by atoms with van der Waals surface area (Å²) in [6, 6.07) is 4.92. The quantitative estimate of drug-likeness (QED) is 0.120. The van der Waals surface area contributed by atoms with Gasteiger partial charge in [-0.1, -0.05) is 57.8 Å². The highest BCUT2D eigenvalue weighted by Gasteiger charge is 2.22. The molecule has 3 aromatic rings. The van der Waals surface area contributed by atoms with Crippen molar-refractivity contribution in [2.45, 2.75) is 77.0 Å². The average molecular weight is 501 g/mol. The molecule has 8 heteroatoms. The zero-order valence-corrected chi connectivity index (χ0v) is 20.5. The highest BCUT2D eigenvalue weighted by atomic mass is 16.4. The summed E-state index contributed by atoms with van der Waals surface area (Å²) < 4.78 is 5.61. The van der Waals surface area contributed by atoms with Crippen molar-refractivity contribution in [2.75, 3.05) is 6.61 Å². The van der Waals surface area contributed by atoms with E-state index >= 15 is 0 Å². The lowest BCUT2D eigenvalue weighted by Crippen LogP contribution is -2.04. The molecule has 2 aromatic carbocycles. The van der Waals surface area contributed by atoms with Gasteiger partial charge in [-0.2, -0.15) is 0 Å². The summed E-state index contributed by atoms with van der Waals surface area (Å²) in [7, 11) is 0. The average Bonchev–Trinajstić information content (AvgIpc) is 2.85. The molecule has 0 amide bonds. The third-order valence-corrected chi connectivity index (χ3v) is 6.54. The summed E-state index contributed by atoms with van der Waals surface area (Å²) in [5, 5.41) is 59.5. The monoisotopic (exact) mass is 500 g/mol. The van der Waals surface area contributed by atoms with Crippen LogP contribution in [0.15, 0.2) is 33.5 Å². The molecule has 36 heavy (non-hydrogen) atoms. The Balaban J connectivity index is 1.60. The van der Waals surface area contributed by atoms with Gasteiger partial charge in [0.05, 0.1) is 0 Å². The van der Waals surface area contributed by atoms with Crippen LogP contribution < -0.4 is 5.43 Å². The molecule has 0 aliphatic carbocycles. The molecule has 1 aromatic heterocycles. The number of benzene rings is 2. The minimum atomic E-state index is -0.853. The van der Waals surface area contributed by atoms with Crippen LogP contribution in [0.2, 0.25) is 0 Å². The van der Waals surface area contributed by atoms with Crippen LogP contribution in [0, 0.1) is 0 Å². The molecule has 0 aliphatic heterocycles. The minimum Gasteiger partial charge on any atom is -0.507 e. The Hall–Kier alpha value is -3.39. The normalized spacial score (nSPS) is 11.4. The first-order valence-corrected chi connectivity index (χ1v) is 12.7. The third-order valence-electron chi connectivity index (χ3n) is 6.54. The molecule has 0 fully saturated rings. The first kappa shape index (κ1) is 27.2. The van der Waals surface area contributed by atoms with E-state index < -0.39 is 22.7 Å². The second-order valence-corrected chi connectivity index (χ2v) is 9.27. The maximum atomic E-state index is 12.9. The van der Waals surface area contributed by atoms with Crippen molar-refractivity contribution in [1.29, 1.82) is 0 Å². The lowest BCUT2D eigenvalue weighted by atomic mass is 10.00. The van der Waals surface area contributed by atoms with Crippen LogP contribution in [0.25, 0.3) is 22.3 Å². The summed E-state index contributed by atoms with van der Waals surface area (Å²) in [5.74, 6) is -2.42. The van der Waals surface area contributed by atoms with Crippen molar-refractivity contribution in [2.24, 2.45) is 0 Å². The maximum absolute atomic E-state index is 12.9. The molecule has 0 saturated heterocycles. The van der Waals surface area contributed by atoms with Crippen molar-refractivity contribution in [3.63, 3.8) is 0 Å². The fourth-order valence-electron chi connectivity index (χ4n) is 4.46. The van der Waals surface area contributed by atoms with Gasteiger partial charge < -0.3 is 35.1 Å². The van der Waals surface area contributed by atoms with Gasteiger partial charge in [0.2, 0.25) is 11.2 Å². The van der Waals surface area contributed by atoms with E-state index in [0.29, 0.717) is 6.42 Å². The lowest BCUT2D eigenvalue weighted by molar-refractivity contribution is 0.282. The van der Waals surface area contributed by atoms with Crippen LogP contribution in [-0.2, 0) is 6.42 Å². The van der Waals surface area contributed by atoms with Crippen LogP contribution in [0.5, 0.6) is 28.7 Å². The molecule has 1 heterocycles. The molecule has 3 rings (SSSR count). The number of aromatic hydroxyl groups is 5. The van der Waals surface area contributed by atoms with Crippen molar-refractivity contribution < 1.29 is 35.1 Å². The molecule has 0 atom stereocenters. The topological polar surface area (TPSA) is 152 Å². The standard InChI is InChI=1S/C28H36O8/c29-15-11-9-7-5-3-1-2-4-6-8-10-12-19-21(31)17-23-24(25(19)33)26(34)27(35)28(36-23)18-13-14-20(30)22(32)16-18/h13-14,16-17,29-33,35H,1-12,15H2. The van der Waals surface area contributed by atoms with Crippen molar-refractivity contribution in [3.05, 3.63) is 40.1 Å². The number of unbranched alkanes of at least 4 members (excludes halogenated alkanes) is 10. The highest BCUT2D eigenvalue weighted by molar-refractivity contribution is 5.89. The van der Waals surface area contributed by atoms with Gasteiger partial charge in [0.15, 0.2) is 17.3 Å². The van der Waals surface area contributed by atoms with Gasteiger partial charge in [0.25, 0.3) is 0 Å². The van der Waals surface area contributed by atoms with E-state index in [-0.39, 0.29) is 46.0 Å². The highest BCUT2D eigenvalue weighted by Crippen LogP contribution is 2.40. The molecule has 6 N–H and O–H groups in total. The van der Waals surface area contributed by atoms with E-state index in [2.05, 4.69) is 0 Å². The van der Waals surface area contributed by atoms with Crippen LogP contribution in [-0.4, -0.2) is 37.2 Å². The summed E-state index contributed by atoms with van der Waals surface area (Å²) in [5.41, 5.74) is -0.567. The van der Waals surface area contributed by atoms with Gasteiger partial charge in [0.1, 0.15) is 22.5 Å². The first-order chi connectivity index (χ1) is 17.3. The van der Waals surface area contributed by atoms with Gasteiger partial charge in [-0.25, -0.2) is 0 Å². The fraction of sp³-hybridized carbons (Fsp3) is 0.464. The van der Waals surface area contributed by atoms with E-state index in [4.69, 9.17) is 9.52 Å². The Labute approximate surface area is 210 Å². The molecular weight excluding hydrogens is 464 g/mol. The van der Waals surface area contributed by atoms with Gasteiger partial charge in [0, 0.05) is 23.8 Å². The first-order valence-electron chi connectivity index (χ1n) is 12.7. The Morgan fingerprint density at radius 2 is 1.22 bits per heavy atom. The van der Waals surface area contributed by atoms with Crippen LogP contribution in [0.3, 0.4) is 0 Å². The molecule has 8 nitrogen and oxygen atoms in total.